The topological polar surface area (TPSA) is 88.7 Å². The van der Waals surface area contributed by atoms with E-state index in [0.29, 0.717) is 18.8 Å². The minimum atomic E-state index is -0.464. The molecule has 1 amide bonds. The van der Waals surface area contributed by atoms with Crippen molar-refractivity contribution in [3.05, 3.63) is 23.8 Å². The third kappa shape index (κ3) is 6.42. The number of Topliss-reactive ketones (excluding diaryl/α,β-unsaturated/α-hetero) is 1. The summed E-state index contributed by atoms with van der Waals surface area (Å²) in [6, 6.07) is 4.43. The van der Waals surface area contributed by atoms with E-state index in [1.54, 1.807) is 32.4 Å². The largest absolute Gasteiger partial charge is 0.497 e. The van der Waals surface area contributed by atoms with Crippen molar-refractivity contribution in [3.63, 3.8) is 0 Å². The number of nitrogens with one attached hydrogen (secondary N) is 3. The van der Waals surface area contributed by atoms with Crippen LogP contribution in [0.15, 0.2) is 18.2 Å². The summed E-state index contributed by atoms with van der Waals surface area (Å²) in [6.45, 7) is 3.44. The molecule has 140 valence electrons. The lowest BCUT2D eigenvalue weighted by molar-refractivity contribution is -0.124. The number of benzene rings is 1. The first kappa shape index (κ1) is 22.1. The molecule has 0 saturated carbocycles. The Morgan fingerprint density at radius 2 is 1.77 bits per heavy atom. The molecular weight excluding hydrogens is 331 g/mol. The molecule has 3 N–H and O–H groups in total. The Bertz CT molecular complexity index is 596. The molecule has 0 aliphatic rings. The molecular formula is C16H28B3N3O4. The van der Waals surface area contributed by atoms with E-state index in [1.807, 2.05) is 22.6 Å². The van der Waals surface area contributed by atoms with Crippen LogP contribution < -0.4 is 25.2 Å². The van der Waals surface area contributed by atoms with Crippen LogP contribution in [0.3, 0.4) is 0 Å². The minimum Gasteiger partial charge on any atom is -0.497 e. The molecule has 0 aliphatic carbocycles. The Labute approximate surface area is 158 Å². The Balaban J connectivity index is 3.13. The van der Waals surface area contributed by atoms with Crippen LogP contribution in [0.25, 0.3) is 0 Å². The molecule has 1 rings (SSSR count). The molecule has 3 atom stereocenters. The van der Waals surface area contributed by atoms with Gasteiger partial charge in [-0.05, 0) is 31.5 Å². The van der Waals surface area contributed by atoms with Crippen molar-refractivity contribution in [1.82, 2.24) is 15.8 Å². The van der Waals surface area contributed by atoms with Crippen LogP contribution in [0.4, 0.5) is 0 Å². The van der Waals surface area contributed by atoms with Gasteiger partial charge < -0.3 is 25.2 Å². The summed E-state index contributed by atoms with van der Waals surface area (Å²) in [5, 5.41) is 9.26. The molecule has 0 heterocycles. The maximum absolute atomic E-state index is 12.8. The summed E-state index contributed by atoms with van der Waals surface area (Å²) in [5.74, 6) is 1.03. The number of hydrogen-bond donors (Lipinski definition) is 3. The van der Waals surface area contributed by atoms with Gasteiger partial charge in [-0.3, -0.25) is 9.59 Å². The molecule has 0 aliphatic heterocycles. The lowest BCUT2D eigenvalue weighted by Crippen LogP contribution is -2.56. The van der Waals surface area contributed by atoms with E-state index in [4.69, 9.17) is 9.47 Å². The highest BCUT2D eigenvalue weighted by Crippen LogP contribution is 2.28. The maximum Gasteiger partial charge on any atom is 0.238 e. The van der Waals surface area contributed by atoms with E-state index < -0.39 is 12.1 Å². The van der Waals surface area contributed by atoms with E-state index >= 15 is 0 Å². The molecule has 1 aromatic carbocycles. The molecule has 0 bridgehead atoms. The van der Waals surface area contributed by atoms with E-state index in [9.17, 15) is 9.59 Å². The Morgan fingerprint density at radius 3 is 2.19 bits per heavy atom. The normalized spacial score (nSPS) is 14.0. The number of rotatable bonds is 11. The highest BCUT2D eigenvalue weighted by molar-refractivity contribution is 6.87. The van der Waals surface area contributed by atoms with Gasteiger partial charge >= 0.3 is 0 Å². The molecule has 0 aromatic heterocycles. The fourth-order valence-electron chi connectivity index (χ4n) is 2.71. The van der Waals surface area contributed by atoms with Gasteiger partial charge in [0.1, 0.15) is 17.3 Å². The second kappa shape index (κ2) is 10.9. The SMILES string of the molecule is BBN[C@H](C(=O)N[C@@H](CC(C)=O)c1cc(OC)cc(OC)c1)[C@H](C)NB. The predicted octanol–water partition coefficient (Wildman–Crippen LogP) is -1.78. The van der Waals surface area contributed by atoms with Crippen LogP contribution in [-0.4, -0.2) is 61.0 Å². The van der Waals surface area contributed by atoms with Gasteiger partial charge in [0.25, 0.3) is 0 Å². The molecule has 26 heavy (non-hydrogen) atoms. The van der Waals surface area contributed by atoms with Crippen molar-refractivity contribution in [1.29, 1.82) is 0 Å². The summed E-state index contributed by atoms with van der Waals surface area (Å²) in [4.78, 5) is 24.6. The second-order valence-electron chi connectivity index (χ2n) is 6.23. The van der Waals surface area contributed by atoms with Crippen LogP contribution in [0.5, 0.6) is 11.5 Å². The third-order valence-corrected chi connectivity index (χ3v) is 4.25. The summed E-state index contributed by atoms with van der Waals surface area (Å²) < 4.78 is 10.6. The van der Waals surface area contributed by atoms with Gasteiger partial charge in [-0.1, -0.05) is 0 Å². The first-order valence-electron chi connectivity index (χ1n) is 8.79. The first-order valence-corrected chi connectivity index (χ1v) is 8.79. The fourth-order valence-corrected chi connectivity index (χ4v) is 2.71. The number of methoxy groups -OCH3 is 2. The zero-order chi connectivity index (χ0) is 19.7. The zero-order valence-electron chi connectivity index (χ0n) is 16.5. The molecule has 0 unspecified atom stereocenters. The van der Waals surface area contributed by atoms with Crippen molar-refractivity contribution >= 4 is 34.7 Å². The van der Waals surface area contributed by atoms with Crippen LogP contribution in [0, 0.1) is 0 Å². The van der Waals surface area contributed by atoms with Gasteiger partial charge in [-0.2, -0.15) is 0 Å². The quantitative estimate of drug-likeness (QED) is 0.406. The van der Waals surface area contributed by atoms with E-state index in [-0.39, 0.29) is 24.2 Å². The number of carbonyl (C=O) groups is 2. The van der Waals surface area contributed by atoms with Crippen LogP contribution in [0.2, 0.25) is 0 Å². The lowest BCUT2D eigenvalue weighted by Gasteiger charge is -2.27. The summed E-state index contributed by atoms with van der Waals surface area (Å²) in [5.41, 5.74) is 0.761. The predicted molar refractivity (Wildman–Crippen MR) is 109 cm³/mol. The zero-order valence-corrected chi connectivity index (χ0v) is 16.5. The number of ether oxygens (including phenoxy) is 2. The standard InChI is InChI=1S/C16H28B3N3O4/c1-9(23)5-14(11-6-12(25-3)8-13(7-11)26-4)20-16(24)15(22-19-17)10(2)21-18/h6-8,10,14-15,19,21-22H,5,17-18H2,1-4H3,(H,20,24)/t10-,14-,15-/m0/s1. The average Bonchev–Trinajstić information content (AvgIpc) is 2.63. The van der Waals surface area contributed by atoms with Crippen molar-refractivity contribution in [2.45, 2.75) is 38.4 Å². The average molecular weight is 359 g/mol. The van der Waals surface area contributed by atoms with Crippen LogP contribution in [0.1, 0.15) is 31.9 Å². The smallest absolute Gasteiger partial charge is 0.238 e. The highest BCUT2D eigenvalue weighted by atomic mass is 16.5. The van der Waals surface area contributed by atoms with Gasteiger partial charge in [-0.15, -0.1) is 0 Å². The number of ketones is 1. The monoisotopic (exact) mass is 359 g/mol. The summed E-state index contributed by atoms with van der Waals surface area (Å²) >= 11 is 0. The fraction of sp³-hybridized carbons (Fsp3) is 0.500. The van der Waals surface area contributed by atoms with Crippen LogP contribution in [-0.2, 0) is 9.59 Å². The number of amides is 1. The molecule has 10 heteroatoms. The highest BCUT2D eigenvalue weighted by Gasteiger charge is 2.26. The molecule has 7 nitrogen and oxygen atoms in total. The maximum atomic E-state index is 12.8. The van der Waals surface area contributed by atoms with Gasteiger partial charge in [0.15, 0.2) is 15.3 Å². The molecule has 0 saturated heterocycles. The van der Waals surface area contributed by atoms with E-state index in [0.717, 1.165) is 5.56 Å². The molecule has 0 spiro atoms. The van der Waals surface area contributed by atoms with E-state index in [1.165, 1.54) is 6.92 Å². The van der Waals surface area contributed by atoms with E-state index in [2.05, 4.69) is 15.8 Å². The van der Waals surface area contributed by atoms with Crippen molar-refractivity contribution < 1.29 is 19.1 Å². The van der Waals surface area contributed by atoms with Crippen molar-refractivity contribution in [2.24, 2.45) is 0 Å². The van der Waals surface area contributed by atoms with Crippen LogP contribution >= 0.6 is 0 Å². The molecule has 0 fully saturated rings. The van der Waals surface area contributed by atoms with Gasteiger partial charge in [-0.25, -0.2) is 0 Å². The molecule has 0 radical (unpaired) electrons. The number of hydrogen-bond acceptors (Lipinski definition) is 6. The lowest BCUT2D eigenvalue weighted by atomic mass is 9.66. The third-order valence-electron chi connectivity index (χ3n) is 4.25. The minimum absolute atomic E-state index is 0.0150. The van der Waals surface area contributed by atoms with Gasteiger partial charge in [0.2, 0.25) is 5.91 Å². The Hall–Kier alpha value is -1.93. The second-order valence-corrected chi connectivity index (χ2v) is 6.23. The Morgan fingerprint density at radius 1 is 1.19 bits per heavy atom. The van der Waals surface area contributed by atoms with Gasteiger partial charge in [0.05, 0.1) is 34.0 Å². The molecule has 1 aromatic rings. The number of carbonyl (C=O) groups excluding carboxylic acids is 2. The summed E-state index contributed by atoms with van der Waals surface area (Å²) in [7, 11) is 7.54. The Kier molecular flexibility index (Phi) is 9.30. The first-order chi connectivity index (χ1) is 12.4. The van der Waals surface area contributed by atoms with Gasteiger partial charge in [0, 0.05) is 18.5 Å². The summed E-state index contributed by atoms with van der Waals surface area (Å²) in [6.07, 6.45) is 0.189. The van der Waals surface area contributed by atoms with Crippen molar-refractivity contribution in [3.8, 4) is 11.5 Å². The van der Waals surface area contributed by atoms with Crippen molar-refractivity contribution in [2.75, 3.05) is 14.2 Å².